The summed E-state index contributed by atoms with van der Waals surface area (Å²) in [5, 5.41) is 4.43. The number of fused-ring (bicyclic) bond motifs is 2. The highest BCUT2D eigenvalue weighted by Gasteiger charge is 2.26. The second kappa shape index (κ2) is 5.93. The number of H-pyrrole nitrogens is 1. The summed E-state index contributed by atoms with van der Waals surface area (Å²) in [4.78, 5) is 27.1. The van der Waals surface area contributed by atoms with Crippen molar-refractivity contribution in [1.82, 2.24) is 24.6 Å². The van der Waals surface area contributed by atoms with Crippen LogP contribution in [0.25, 0.3) is 5.65 Å². The molecule has 2 aliphatic rings. The number of hydrogen-bond donors (Lipinski definition) is 1. The molecule has 1 aliphatic heterocycles. The lowest BCUT2D eigenvalue weighted by Gasteiger charge is -2.30. The minimum atomic E-state index is 0.0403. The fourth-order valence-corrected chi connectivity index (χ4v) is 3.73. The molecule has 134 valence electrons. The molecule has 0 amide bonds. The molecule has 7 heteroatoms. The molecule has 3 aromatic heterocycles. The van der Waals surface area contributed by atoms with Gasteiger partial charge in [-0.05, 0) is 31.6 Å². The first-order valence-corrected chi connectivity index (χ1v) is 9.41. The molecule has 5 rings (SSSR count). The van der Waals surface area contributed by atoms with Gasteiger partial charge in [0.15, 0.2) is 5.65 Å². The van der Waals surface area contributed by atoms with Crippen molar-refractivity contribution in [3.8, 4) is 0 Å². The van der Waals surface area contributed by atoms with Crippen LogP contribution in [0.3, 0.4) is 0 Å². The summed E-state index contributed by atoms with van der Waals surface area (Å²) in [5.74, 6) is 2.56. The molecule has 0 saturated heterocycles. The predicted molar refractivity (Wildman–Crippen MR) is 98.4 cm³/mol. The number of aromatic nitrogens is 5. The van der Waals surface area contributed by atoms with Gasteiger partial charge in [-0.2, -0.15) is 9.61 Å². The smallest absolute Gasteiger partial charge is 0.254 e. The van der Waals surface area contributed by atoms with Crippen molar-refractivity contribution in [3.63, 3.8) is 0 Å². The number of rotatable bonds is 4. The predicted octanol–water partition coefficient (Wildman–Crippen LogP) is 1.89. The number of anilines is 1. The van der Waals surface area contributed by atoms with E-state index in [-0.39, 0.29) is 5.56 Å². The average molecular weight is 350 g/mol. The fraction of sp³-hybridized carbons (Fsp3) is 0.474. The van der Waals surface area contributed by atoms with Crippen molar-refractivity contribution >= 4 is 11.5 Å². The quantitative estimate of drug-likeness (QED) is 0.777. The number of nitrogens with zero attached hydrogens (tertiary/aromatic N) is 5. The van der Waals surface area contributed by atoms with Crippen molar-refractivity contribution in [2.45, 2.75) is 45.6 Å². The summed E-state index contributed by atoms with van der Waals surface area (Å²) in [5.41, 5.74) is 3.69. The SMILES string of the molecule is CCc1cc(N2CCc3c(nc(CC4CC4)[nH]c3=O)C2)n2nccc2n1. The second-order valence-electron chi connectivity index (χ2n) is 7.32. The number of aryl methyl sites for hydroxylation is 1. The molecule has 0 atom stereocenters. The van der Waals surface area contributed by atoms with Gasteiger partial charge in [0.25, 0.3) is 5.56 Å². The maximum Gasteiger partial charge on any atom is 0.254 e. The lowest BCUT2D eigenvalue weighted by atomic mass is 10.1. The monoisotopic (exact) mass is 350 g/mol. The molecule has 0 aromatic carbocycles. The highest BCUT2D eigenvalue weighted by atomic mass is 16.1. The molecular weight excluding hydrogens is 328 g/mol. The lowest BCUT2D eigenvalue weighted by molar-refractivity contribution is 0.654. The van der Waals surface area contributed by atoms with Crippen molar-refractivity contribution in [1.29, 1.82) is 0 Å². The topological polar surface area (TPSA) is 79.2 Å². The first-order valence-electron chi connectivity index (χ1n) is 9.41. The zero-order valence-electron chi connectivity index (χ0n) is 14.9. The Bertz CT molecular complexity index is 1030. The third-order valence-corrected chi connectivity index (χ3v) is 5.38. The van der Waals surface area contributed by atoms with Crippen molar-refractivity contribution in [2.24, 2.45) is 5.92 Å². The van der Waals surface area contributed by atoms with Crippen molar-refractivity contribution < 1.29 is 0 Å². The van der Waals surface area contributed by atoms with Gasteiger partial charge in [0.05, 0.1) is 18.4 Å². The molecule has 1 aliphatic carbocycles. The van der Waals surface area contributed by atoms with Crippen LogP contribution >= 0.6 is 0 Å². The lowest BCUT2D eigenvalue weighted by Crippen LogP contribution is -2.37. The molecular formula is C19H22N6O. The van der Waals surface area contributed by atoms with Crippen molar-refractivity contribution in [3.05, 3.63) is 51.5 Å². The van der Waals surface area contributed by atoms with Gasteiger partial charge in [-0.25, -0.2) is 9.97 Å². The number of hydrogen-bond acceptors (Lipinski definition) is 5. The van der Waals surface area contributed by atoms with Gasteiger partial charge in [0.2, 0.25) is 0 Å². The Hall–Kier alpha value is -2.70. The Balaban J connectivity index is 1.53. The largest absolute Gasteiger partial charge is 0.350 e. The Labute approximate surface area is 151 Å². The van der Waals surface area contributed by atoms with E-state index in [0.29, 0.717) is 18.9 Å². The van der Waals surface area contributed by atoms with E-state index < -0.39 is 0 Å². The van der Waals surface area contributed by atoms with Crippen LogP contribution in [0.5, 0.6) is 0 Å². The summed E-state index contributed by atoms with van der Waals surface area (Å²) >= 11 is 0. The third kappa shape index (κ3) is 2.67. The van der Waals surface area contributed by atoms with E-state index in [1.807, 2.05) is 10.6 Å². The normalized spacial score (nSPS) is 16.9. The molecule has 0 radical (unpaired) electrons. The second-order valence-corrected chi connectivity index (χ2v) is 7.32. The molecule has 1 saturated carbocycles. The zero-order chi connectivity index (χ0) is 17.7. The minimum absolute atomic E-state index is 0.0403. The number of aromatic amines is 1. The summed E-state index contributed by atoms with van der Waals surface area (Å²) < 4.78 is 1.88. The highest BCUT2D eigenvalue weighted by Crippen LogP contribution is 2.32. The molecule has 7 nitrogen and oxygen atoms in total. The first-order chi connectivity index (χ1) is 12.7. The van der Waals surface area contributed by atoms with E-state index in [9.17, 15) is 4.79 Å². The molecule has 4 heterocycles. The van der Waals surface area contributed by atoms with E-state index in [4.69, 9.17) is 4.98 Å². The Morgan fingerprint density at radius 1 is 1.31 bits per heavy atom. The maximum absolute atomic E-state index is 12.5. The minimum Gasteiger partial charge on any atom is -0.350 e. The summed E-state index contributed by atoms with van der Waals surface area (Å²) in [6.45, 7) is 3.52. The standard InChI is InChI=1S/C19H22N6O/c1-2-13-10-18(25-17(21-13)5-7-20-25)24-8-6-14-15(11-24)22-16(23-19(14)26)9-12-3-4-12/h5,7,10,12H,2-4,6,8-9,11H2,1H3,(H,22,23,26). The molecule has 0 unspecified atom stereocenters. The van der Waals surface area contributed by atoms with Gasteiger partial charge >= 0.3 is 0 Å². The zero-order valence-corrected chi connectivity index (χ0v) is 14.9. The molecule has 3 aromatic rings. The Morgan fingerprint density at radius 2 is 2.19 bits per heavy atom. The van der Waals surface area contributed by atoms with Crippen LogP contribution in [-0.4, -0.2) is 31.1 Å². The molecule has 1 N–H and O–H groups in total. The van der Waals surface area contributed by atoms with Gasteiger partial charge in [-0.3, -0.25) is 4.79 Å². The molecule has 26 heavy (non-hydrogen) atoms. The van der Waals surface area contributed by atoms with Crippen LogP contribution in [0.4, 0.5) is 5.82 Å². The summed E-state index contributed by atoms with van der Waals surface area (Å²) in [7, 11) is 0. The van der Waals surface area contributed by atoms with E-state index in [2.05, 4.69) is 33.0 Å². The van der Waals surface area contributed by atoms with Gasteiger partial charge in [0.1, 0.15) is 11.6 Å². The van der Waals surface area contributed by atoms with Crippen LogP contribution in [-0.2, 0) is 25.8 Å². The van der Waals surface area contributed by atoms with E-state index in [0.717, 1.165) is 53.6 Å². The Kier molecular flexibility index (Phi) is 3.55. The van der Waals surface area contributed by atoms with Gasteiger partial charge in [-0.1, -0.05) is 6.92 Å². The van der Waals surface area contributed by atoms with E-state index in [1.165, 1.54) is 12.8 Å². The number of nitrogens with one attached hydrogen (secondary N) is 1. The summed E-state index contributed by atoms with van der Waals surface area (Å²) in [6, 6.07) is 4.03. The first kappa shape index (κ1) is 15.5. The highest BCUT2D eigenvalue weighted by molar-refractivity contribution is 5.52. The fourth-order valence-electron chi connectivity index (χ4n) is 3.73. The van der Waals surface area contributed by atoms with Crippen LogP contribution in [0.15, 0.2) is 23.1 Å². The van der Waals surface area contributed by atoms with E-state index in [1.54, 1.807) is 6.20 Å². The molecule has 1 fully saturated rings. The maximum atomic E-state index is 12.5. The molecule has 0 bridgehead atoms. The van der Waals surface area contributed by atoms with Crippen LogP contribution < -0.4 is 10.5 Å². The van der Waals surface area contributed by atoms with Crippen LogP contribution in [0, 0.1) is 5.92 Å². The summed E-state index contributed by atoms with van der Waals surface area (Å²) in [6.07, 6.45) is 6.75. The van der Waals surface area contributed by atoms with Crippen LogP contribution in [0.1, 0.15) is 42.5 Å². The van der Waals surface area contributed by atoms with Gasteiger partial charge in [-0.15, -0.1) is 0 Å². The third-order valence-electron chi connectivity index (χ3n) is 5.38. The van der Waals surface area contributed by atoms with Crippen molar-refractivity contribution in [2.75, 3.05) is 11.4 Å². The van der Waals surface area contributed by atoms with Gasteiger partial charge < -0.3 is 9.88 Å². The van der Waals surface area contributed by atoms with Crippen LogP contribution in [0.2, 0.25) is 0 Å². The Morgan fingerprint density at radius 3 is 3.00 bits per heavy atom. The van der Waals surface area contributed by atoms with E-state index >= 15 is 0 Å². The molecule has 0 spiro atoms. The van der Waals surface area contributed by atoms with Gasteiger partial charge in [0, 0.05) is 36.4 Å². The average Bonchev–Trinajstić information content (AvgIpc) is 3.33.